The molecule has 1 aliphatic rings. The van der Waals surface area contributed by atoms with Crippen molar-refractivity contribution in [2.24, 2.45) is 0 Å². The Hall–Kier alpha value is -3.16. The van der Waals surface area contributed by atoms with Crippen LogP contribution in [0, 0.1) is 0 Å². The molecule has 154 valence electrons. The topological polar surface area (TPSA) is 66.9 Å². The Kier molecular flexibility index (Phi) is 5.83. The number of carbonyl (C=O) groups excluding carboxylic acids is 1. The van der Waals surface area contributed by atoms with Crippen molar-refractivity contribution < 1.29 is 17.9 Å². The molecule has 0 radical (unpaired) electrons. The van der Waals surface area contributed by atoms with Gasteiger partial charge in [0, 0.05) is 26.2 Å². The van der Waals surface area contributed by atoms with Crippen LogP contribution in [-0.4, -0.2) is 49.7 Å². The lowest BCUT2D eigenvalue weighted by Gasteiger charge is -2.34. The van der Waals surface area contributed by atoms with Crippen LogP contribution < -0.4 is 4.74 Å². The molecule has 0 atom stereocenters. The van der Waals surface area contributed by atoms with Crippen molar-refractivity contribution in [3.63, 3.8) is 0 Å². The summed E-state index contributed by atoms with van der Waals surface area (Å²) in [5.74, 6) is 0.961. The van der Waals surface area contributed by atoms with Crippen molar-refractivity contribution in [1.82, 2.24) is 9.21 Å². The number of nitrogens with zero attached hydrogens (tertiary/aromatic N) is 2. The second kappa shape index (κ2) is 8.69. The molecule has 6 nitrogen and oxygen atoms in total. The van der Waals surface area contributed by atoms with E-state index in [1.165, 1.54) is 4.31 Å². The van der Waals surface area contributed by atoms with Crippen molar-refractivity contribution in [2.75, 3.05) is 26.2 Å². The predicted octanol–water partition coefficient (Wildman–Crippen LogP) is 3.63. The zero-order valence-electron chi connectivity index (χ0n) is 16.3. The van der Waals surface area contributed by atoms with Gasteiger partial charge in [-0.15, -0.1) is 0 Å². The molecule has 30 heavy (non-hydrogen) atoms. The molecule has 0 N–H and O–H groups in total. The van der Waals surface area contributed by atoms with Gasteiger partial charge in [-0.25, -0.2) is 8.42 Å². The van der Waals surface area contributed by atoms with E-state index >= 15 is 0 Å². The van der Waals surface area contributed by atoms with Gasteiger partial charge in [0.15, 0.2) is 0 Å². The second-order valence-electron chi connectivity index (χ2n) is 6.92. The molecule has 3 aromatic rings. The highest BCUT2D eigenvalue weighted by molar-refractivity contribution is 7.89. The first kappa shape index (κ1) is 20.1. The Balaban J connectivity index is 1.47. The summed E-state index contributed by atoms with van der Waals surface area (Å²) in [6.07, 6.45) is 0. The second-order valence-corrected chi connectivity index (χ2v) is 8.86. The zero-order chi connectivity index (χ0) is 21.0. The van der Waals surface area contributed by atoms with Gasteiger partial charge in [-0.2, -0.15) is 4.31 Å². The summed E-state index contributed by atoms with van der Waals surface area (Å²) in [6, 6.07) is 24.8. The Labute approximate surface area is 176 Å². The standard InChI is InChI=1S/C23H22N2O4S/c26-23(21-13-7-8-14-22(21)29-19-9-3-1-4-10-19)24-15-17-25(18-16-24)30(27,28)20-11-5-2-6-12-20/h1-14H,15-18H2. The number of carbonyl (C=O) groups is 1. The molecule has 4 rings (SSSR count). The van der Waals surface area contributed by atoms with Crippen molar-refractivity contribution >= 4 is 15.9 Å². The van der Waals surface area contributed by atoms with Crippen LogP contribution >= 0.6 is 0 Å². The van der Waals surface area contributed by atoms with E-state index in [-0.39, 0.29) is 23.9 Å². The highest BCUT2D eigenvalue weighted by atomic mass is 32.2. The number of piperazine rings is 1. The smallest absolute Gasteiger partial charge is 0.257 e. The van der Waals surface area contributed by atoms with Gasteiger partial charge in [0.25, 0.3) is 5.91 Å². The van der Waals surface area contributed by atoms with Gasteiger partial charge < -0.3 is 9.64 Å². The molecule has 0 bridgehead atoms. The molecule has 1 aliphatic heterocycles. The van der Waals surface area contributed by atoms with Crippen molar-refractivity contribution in [1.29, 1.82) is 0 Å². The third-order valence-electron chi connectivity index (χ3n) is 5.00. The number of ether oxygens (including phenoxy) is 1. The van der Waals surface area contributed by atoms with Crippen LogP contribution in [0.3, 0.4) is 0 Å². The lowest BCUT2D eigenvalue weighted by atomic mass is 10.1. The third kappa shape index (κ3) is 4.22. The maximum atomic E-state index is 13.1. The van der Waals surface area contributed by atoms with Crippen LogP contribution in [0.15, 0.2) is 89.8 Å². The molecule has 1 fully saturated rings. The van der Waals surface area contributed by atoms with Gasteiger partial charge in [-0.1, -0.05) is 48.5 Å². The Morgan fingerprint density at radius 1 is 0.733 bits per heavy atom. The molecule has 0 aliphatic carbocycles. The predicted molar refractivity (Wildman–Crippen MR) is 114 cm³/mol. The quantitative estimate of drug-likeness (QED) is 0.630. The maximum absolute atomic E-state index is 13.1. The van der Waals surface area contributed by atoms with Crippen molar-refractivity contribution in [2.45, 2.75) is 4.90 Å². The summed E-state index contributed by atoms with van der Waals surface area (Å²) >= 11 is 0. The summed E-state index contributed by atoms with van der Waals surface area (Å²) in [5, 5.41) is 0. The molecular weight excluding hydrogens is 400 g/mol. The summed E-state index contributed by atoms with van der Waals surface area (Å²) in [4.78, 5) is 15.1. The van der Waals surface area contributed by atoms with E-state index < -0.39 is 10.0 Å². The van der Waals surface area contributed by atoms with Crippen LogP contribution in [0.5, 0.6) is 11.5 Å². The van der Waals surface area contributed by atoms with Crippen LogP contribution in [0.1, 0.15) is 10.4 Å². The lowest BCUT2D eigenvalue weighted by Crippen LogP contribution is -2.50. The van der Waals surface area contributed by atoms with Crippen molar-refractivity contribution in [3.05, 3.63) is 90.5 Å². The molecule has 0 spiro atoms. The van der Waals surface area contributed by atoms with Gasteiger partial charge in [-0.05, 0) is 36.4 Å². The highest BCUT2D eigenvalue weighted by Crippen LogP contribution is 2.27. The molecule has 0 unspecified atom stereocenters. The van der Waals surface area contributed by atoms with Gasteiger partial charge in [-0.3, -0.25) is 4.79 Å². The minimum Gasteiger partial charge on any atom is -0.457 e. The number of hydrogen-bond donors (Lipinski definition) is 0. The van der Waals surface area contributed by atoms with E-state index in [1.807, 2.05) is 36.4 Å². The van der Waals surface area contributed by atoms with Crippen LogP contribution in [0.4, 0.5) is 0 Å². The van der Waals surface area contributed by atoms with E-state index in [0.717, 1.165) is 0 Å². The van der Waals surface area contributed by atoms with Gasteiger partial charge in [0.05, 0.1) is 10.5 Å². The average molecular weight is 423 g/mol. The fraction of sp³-hybridized carbons (Fsp3) is 0.174. The number of para-hydroxylation sites is 2. The Morgan fingerprint density at radius 3 is 1.97 bits per heavy atom. The number of rotatable bonds is 5. The van der Waals surface area contributed by atoms with E-state index in [2.05, 4.69) is 0 Å². The van der Waals surface area contributed by atoms with Crippen LogP contribution in [0.25, 0.3) is 0 Å². The van der Waals surface area contributed by atoms with E-state index in [1.54, 1.807) is 53.4 Å². The zero-order valence-corrected chi connectivity index (χ0v) is 17.2. The molecule has 1 heterocycles. The normalized spacial score (nSPS) is 15.0. The fourth-order valence-electron chi connectivity index (χ4n) is 3.39. The largest absolute Gasteiger partial charge is 0.457 e. The summed E-state index contributed by atoms with van der Waals surface area (Å²) in [5.41, 5.74) is 0.459. The first-order chi connectivity index (χ1) is 14.6. The summed E-state index contributed by atoms with van der Waals surface area (Å²) in [7, 11) is -3.55. The maximum Gasteiger partial charge on any atom is 0.257 e. The average Bonchev–Trinajstić information content (AvgIpc) is 2.80. The van der Waals surface area contributed by atoms with Gasteiger partial charge >= 0.3 is 0 Å². The van der Waals surface area contributed by atoms with Gasteiger partial charge in [0.1, 0.15) is 11.5 Å². The van der Waals surface area contributed by atoms with E-state index in [9.17, 15) is 13.2 Å². The van der Waals surface area contributed by atoms with E-state index in [4.69, 9.17) is 4.74 Å². The molecular formula is C23H22N2O4S. The van der Waals surface area contributed by atoms with E-state index in [0.29, 0.717) is 30.2 Å². The molecule has 7 heteroatoms. The number of hydrogen-bond acceptors (Lipinski definition) is 4. The third-order valence-corrected chi connectivity index (χ3v) is 6.91. The highest BCUT2D eigenvalue weighted by Gasteiger charge is 2.31. The SMILES string of the molecule is O=C(c1ccccc1Oc1ccccc1)N1CCN(S(=O)(=O)c2ccccc2)CC1. The van der Waals surface area contributed by atoms with Gasteiger partial charge in [0.2, 0.25) is 10.0 Å². The molecule has 0 saturated carbocycles. The Bertz CT molecular complexity index is 1110. The lowest BCUT2D eigenvalue weighted by molar-refractivity contribution is 0.0695. The molecule has 1 amide bonds. The first-order valence-corrected chi connectivity index (χ1v) is 11.2. The number of benzene rings is 3. The fourth-order valence-corrected chi connectivity index (χ4v) is 4.83. The molecule has 0 aromatic heterocycles. The molecule has 1 saturated heterocycles. The monoisotopic (exact) mass is 422 g/mol. The minimum absolute atomic E-state index is 0.168. The summed E-state index contributed by atoms with van der Waals surface area (Å²) in [6.45, 7) is 1.16. The Morgan fingerprint density at radius 2 is 1.30 bits per heavy atom. The van der Waals surface area contributed by atoms with Crippen LogP contribution in [-0.2, 0) is 10.0 Å². The first-order valence-electron chi connectivity index (χ1n) is 9.72. The number of sulfonamides is 1. The minimum atomic E-state index is -3.55. The van der Waals surface area contributed by atoms with Crippen molar-refractivity contribution in [3.8, 4) is 11.5 Å². The number of amides is 1. The summed E-state index contributed by atoms with van der Waals surface area (Å²) < 4.78 is 32.9. The molecule has 3 aromatic carbocycles. The van der Waals surface area contributed by atoms with Crippen LogP contribution in [0.2, 0.25) is 0 Å².